The molecular formula is C31H43N7O3. The van der Waals surface area contributed by atoms with Gasteiger partial charge >= 0.3 is 6.03 Å². The Labute approximate surface area is 243 Å². The van der Waals surface area contributed by atoms with Gasteiger partial charge in [0.25, 0.3) is 0 Å². The molecule has 0 aliphatic carbocycles. The van der Waals surface area contributed by atoms with Gasteiger partial charge in [0.05, 0.1) is 19.8 Å². The summed E-state index contributed by atoms with van der Waals surface area (Å²) in [5, 5.41) is 3.35. The average Bonchev–Trinajstić information content (AvgIpc) is 3.46. The van der Waals surface area contributed by atoms with Crippen molar-refractivity contribution in [1.29, 1.82) is 0 Å². The molecule has 2 fully saturated rings. The quantitative estimate of drug-likeness (QED) is 0.546. The summed E-state index contributed by atoms with van der Waals surface area (Å²) in [6, 6.07) is 6.18. The second-order valence-corrected chi connectivity index (χ2v) is 12.1. The minimum Gasteiger partial charge on any atom is -0.492 e. The van der Waals surface area contributed by atoms with E-state index in [9.17, 15) is 4.79 Å². The molecule has 0 saturated carbocycles. The maximum Gasteiger partial charge on any atom is 0.326 e. The van der Waals surface area contributed by atoms with Crippen LogP contribution in [0.25, 0.3) is 0 Å². The molecule has 0 spiro atoms. The van der Waals surface area contributed by atoms with Crippen molar-refractivity contribution < 1.29 is 14.3 Å². The van der Waals surface area contributed by atoms with Crippen molar-refractivity contribution in [2.45, 2.75) is 45.9 Å². The van der Waals surface area contributed by atoms with E-state index in [1.165, 1.54) is 12.8 Å². The van der Waals surface area contributed by atoms with Gasteiger partial charge in [-0.3, -0.25) is 9.80 Å². The van der Waals surface area contributed by atoms with E-state index in [1.54, 1.807) is 4.90 Å². The predicted molar refractivity (Wildman–Crippen MR) is 160 cm³/mol. The standard InChI is InChI=1S/C31H43N7O3/c1-22-18-35(3)19-23(2)28(22)38-20-25-17-32-30-33-26-8-9-27(41-15-13-36-10-4-5-11-36)24(16-26)21-40-14-7-6-12-37(31(38)39)29(25)34-30/h6-9,16-17,22-23,28H,4-5,10-15,18-21H2,1-3H3,(H,32,33,34)/b7-6-. The van der Waals surface area contributed by atoms with E-state index >= 15 is 0 Å². The number of likely N-dealkylation sites (tertiary alicyclic amines) is 2. The van der Waals surface area contributed by atoms with Crippen LogP contribution in [0.2, 0.25) is 0 Å². The zero-order valence-electron chi connectivity index (χ0n) is 24.6. The van der Waals surface area contributed by atoms with E-state index in [0.717, 1.165) is 55.3 Å². The van der Waals surface area contributed by atoms with Crippen LogP contribution < -0.4 is 15.0 Å². The monoisotopic (exact) mass is 561 g/mol. The lowest BCUT2D eigenvalue weighted by molar-refractivity contribution is 0.0490. The molecule has 4 bridgehead atoms. The summed E-state index contributed by atoms with van der Waals surface area (Å²) in [5.74, 6) is 2.72. The lowest BCUT2D eigenvalue weighted by Gasteiger charge is -2.48. The van der Waals surface area contributed by atoms with Crippen LogP contribution in [0, 0.1) is 11.8 Å². The van der Waals surface area contributed by atoms with Crippen molar-refractivity contribution in [1.82, 2.24) is 24.7 Å². The number of nitrogens with zero attached hydrogens (tertiary/aromatic N) is 6. The van der Waals surface area contributed by atoms with E-state index < -0.39 is 0 Å². The number of hydrogen-bond donors (Lipinski definition) is 1. The van der Waals surface area contributed by atoms with Crippen LogP contribution in [-0.2, 0) is 17.9 Å². The van der Waals surface area contributed by atoms with Crippen LogP contribution in [0.1, 0.15) is 37.8 Å². The number of carbonyl (C=O) groups excluding carboxylic acids is 1. The molecule has 10 nitrogen and oxygen atoms in total. The van der Waals surface area contributed by atoms with Gasteiger partial charge in [-0.1, -0.05) is 26.0 Å². The fourth-order valence-electron chi connectivity index (χ4n) is 6.96. The highest BCUT2D eigenvalue weighted by molar-refractivity contribution is 5.94. The van der Waals surface area contributed by atoms with Gasteiger partial charge in [-0.15, -0.1) is 0 Å². The third-order valence-corrected chi connectivity index (χ3v) is 8.75. The largest absolute Gasteiger partial charge is 0.492 e. The van der Waals surface area contributed by atoms with Gasteiger partial charge in [0.15, 0.2) is 0 Å². The van der Waals surface area contributed by atoms with Crippen molar-refractivity contribution in [3.63, 3.8) is 0 Å². The number of fused-ring (bicyclic) bond motifs is 3. The number of rotatable bonds is 5. The molecule has 4 aliphatic heterocycles. The molecule has 1 aromatic carbocycles. The summed E-state index contributed by atoms with van der Waals surface area (Å²) >= 11 is 0. The number of benzene rings is 1. The number of hydrogen-bond acceptors (Lipinski definition) is 8. The number of ether oxygens (including phenoxy) is 2. The van der Waals surface area contributed by atoms with Crippen LogP contribution in [-0.4, -0.2) is 96.3 Å². The van der Waals surface area contributed by atoms with Crippen molar-refractivity contribution >= 4 is 23.5 Å². The number of piperidine rings is 1. The molecule has 5 heterocycles. The first kappa shape index (κ1) is 27.9. The fraction of sp³-hybridized carbons (Fsp3) is 0.581. The zero-order chi connectivity index (χ0) is 28.3. The second kappa shape index (κ2) is 12.3. The second-order valence-electron chi connectivity index (χ2n) is 12.1. The maximum atomic E-state index is 14.0. The molecule has 0 radical (unpaired) electrons. The fourth-order valence-corrected chi connectivity index (χ4v) is 6.96. The number of carbonyl (C=O) groups is 1. The van der Waals surface area contributed by atoms with E-state index in [-0.39, 0.29) is 12.1 Å². The maximum absolute atomic E-state index is 14.0. The van der Waals surface area contributed by atoms with Gasteiger partial charge in [-0.25, -0.2) is 9.78 Å². The Kier molecular flexibility index (Phi) is 8.41. The highest BCUT2D eigenvalue weighted by atomic mass is 16.5. The Hall–Kier alpha value is -3.21. The molecule has 220 valence electrons. The third-order valence-electron chi connectivity index (χ3n) is 8.75. The molecule has 2 saturated heterocycles. The molecule has 2 atom stereocenters. The van der Waals surface area contributed by atoms with E-state index in [2.05, 4.69) is 41.0 Å². The smallest absolute Gasteiger partial charge is 0.326 e. The van der Waals surface area contributed by atoms with E-state index in [1.807, 2.05) is 41.4 Å². The van der Waals surface area contributed by atoms with Crippen LogP contribution >= 0.6 is 0 Å². The van der Waals surface area contributed by atoms with Crippen molar-refractivity contribution in [2.75, 3.05) is 69.7 Å². The van der Waals surface area contributed by atoms with Gasteiger partial charge in [0.2, 0.25) is 5.95 Å². The molecule has 2 unspecified atom stereocenters. The van der Waals surface area contributed by atoms with Gasteiger partial charge in [0.1, 0.15) is 18.2 Å². The summed E-state index contributed by atoms with van der Waals surface area (Å²) in [6.07, 6.45) is 8.41. The Morgan fingerprint density at radius 3 is 2.71 bits per heavy atom. The summed E-state index contributed by atoms with van der Waals surface area (Å²) in [4.78, 5) is 32.1. The van der Waals surface area contributed by atoms with Crippen LogP contribution in [0.5, 0.6) is 5.75 Å². The highest BCUT2D eigenvalue weighted by Crippen LogP contribution is 2.35. The highest BCUT2D eigenvalue weighted by Gasteiger charge is 2.42. The number of aromatic nitrogens is 2. The minimum absolute atomic E-state index is 0.00536. The summed E-state index contributed by atoms with van der Waals surface area (Å²) < 4.78 is 12.2. The van der Waals surface area contributed by atoms with Crippen LogP contribution in [0.15, 0.2) is 36.5 Å². The summed E-state index contributed by atoms with van der Waals surface area (Å²) in [6.45, 7) is 12.2. The molecule has 10 heteroatoms. The zero-order valence-corrected chi connectivity index (χ0v) is 24.6. The van der Waals surface area contributed by atoms with Crippen molar-refractivity contribution in [2.24, 2.45) is 11.8 Å². The first-order valence-corrected chi connectivity index (χ1v) is 15.1. The van der Waals surface area contributed by atoms with E-state index in [4.69, 9.17) is 14.5 Å². The average molecular weight is 562 g/mol. The number of nitrogens with one attached hydrogen (secondary N) is 1. The lowest BCUT2D eigenvalue weighted by atomic mass is 9.84. The summed E-state index contributed by atoms with van der Waals surface area (Å²) in [5.41, 5.74) is 2.80. The Morgan fingerprint density at radius 1 is 1.10 bits per heavy atom. The third kappa shape index (κ3) is 6.19. The number of anilines is 3. The number of amides is 2. The molecule has 2 amide bonds. The first-order chi connectivity index (χ1) is 20.0. The minimum atomic E-state index is 0.00536. The van der Waals surface area contributed by atoms with Crippen molar-refractivity contribution in [3.8, 4) is 5.75 Å². The van der Waals surface area contributed by atoms with E-state index in [0.29, 0.717) is 56.5 Å². The van der Waals surface area contributed by atoms with Crippen LogP contribution in [0.3, 0.4) is 0 Å². The SMILES string of the molecule is CC1CN(C)CC(C)C1N1Cc2cnc3nc2N(C/C=C\COCc2cc(ccc2OCCN2CCCC2)N3)C1=O. The molecule has 1 aromatic heterocycles. The Balaban J connectivity index is 1.24. The Morgan fingerprint density at radius 2 is 1.90 bits per heavy atom. The molecule has 1 N–H and O–H groups in total. The van der Waals surface area contributed by atoms with Gasteiger partial charge in [-0.05, 0) is 63.0 Å². The van der Waals surface area contributed by atoms with Gasteiger partial charge in [-0.2, -0.15) is 4.98 Å². The van der Waals surface area contributed by atoms with Crippen molar-refractivity contribution in [3.05, 3.63) is 47.7 Å². The predicted octanol–water partition coefficient (Wildman–Crippen LogP) is 4.11. The topological polar surface area (TPSA) is 86.3 Å². The molecule has 41 heavy (non-hydrogen) atoms. The Bertz CT molecular complexity index is 1250. The number of urea groups is 1. The first-order valence-electron chi connectivity index (χ1n) is 15.1. The molecule has 6 rings (SSSR count). The van der Waals surface area contributed by atoms with Gasteiger partial charge in [0, 0.05) is 55.2 Å². The lowest BCUT2D eigenvalue weighted by Crippen LogP contribution is -2.59. The molecular weight excluding hydrogens is 518 g/mol. The van der Waals surface area contributed by atoms with Crippen LogP contribution in [0.4, 0.5) is 22.2 Å². The molecule has 2 aromatic rings. The normalized spacial score (nSPS) is 26.4. The van der Waals surface area contributed by atoms with Gasteiger partial charge < -0.3 is 24.6 Å². The molecule has 4 aliphatic rings. The summed E-state index contributed by atoms with van der Waals surface area (Å²) in [7, 11) is 2.16.